The highest BCUT2D eigenvalue weighted by molar-refractivity contribution is 5.89. The summed E-state index contributed by atoms with van der Waals surface area (Å²) in [7, 11) is 0. The fourth-order valence-electron chi connectivity index (χ4n) is 14.0. The lowest BCUT2D eigenvalue weighted by atomic mass is 9.67. The summed E-state index contributed by atoms with van der Waals surface area (Å²) in [6, 6.07) is 94.8. The van der Waals surface area contributed by atoms with Crippen LogP contribution in [-0.2, 0) is 5.41 Å². The molecule has 0 fully saturated rings. The van der Waals surface area contributed by atoms with Crippen LogP contribution in [0, 0.1) is 0 Å². The van der Waals surface area contributed by atoms with Gasteiger partial charge in [0.05, 0.1) is 5.41 Å². The first-order valence-corrected chi connectivity index (χ1v) is 31.7. The van der Waals surface area contributed by atoms with E-state index >= 15 is 0 Å². The van der Waals surface area contributed by atoms with Crippen molar-refractivity contribution in [2.75, 3.05) is 19.6 Å². The smallest absolute Gasteiger partial charge is 0.0715 e. The molecule has 0 saturated carbocycles. The lowest BCUT2D eigenvalue weighted by Gasteiger charge is -2.36. The Balaban J connectivity index is 0.792. The second-order valence-electron chi connectivity index (χ2n) is 23.6. The normalized spacial score (nSPS) is 15.2. The predicted molar refractivity (Wildman–Crippen MR) is 375 cm³/mol. The molecule has 4 nitrogen and oxygen atoms in total. The van der Waals surface area contributed by atoms with E-state index in [0.717, 1.165) is 91.2 Å². The van der Waals surface area contributed by atoms with E-state index in [4.69, 9.17) is 0 Å². The van der Waals surface area contributed by atoms with Crippen LogP contribution in [0.1, 0.15) is 73.6 Å². The Morgan fingerprint density at radius 1 is 0.225 bits per heavy atom. The first kappa shape index (κ1) is 54.9. The van der Waals surface area contributed by atoms with Crippen molar-refractivity contribution in [3.05, 3.63) is 373 Å². The number of hydrogen-bond acceptors (Lipinski definition) is 4. The summed E-state index contributed by atoms with van der Waals surface area (Å²) in [4.78, 5) is 9.63. The van der Waals surface area contributed by atoms with Gasteiger partial charge in [-0.3, -0.25) is 0 Å². The number of nitrogens with zero attached hydrogens (tertiary/aromatic N) is 4. The van der Waals surface area contributed by atoms with Crippen LogP contribution in [-0.4, -0.2) is 0 Å². The van der Waals surface area contributed by atoms with Crippen LogP contribution in [0.3, 0.4) is 0 Å². The van der Waals surface area contributed by atoms with Crippen LogP contribution in [0.15, 0.2) is 350 Å². The van der Waals surface area contributed by atoms with Gasteiger partial charge in [-0.2, -0.15) is 0 Å². The monoisotopic (exact) mass is 1150 g/mol. The van der Waals surface area contributed by atoms with Crippen molar-refractivity contribution < 1.29 is 0 Å². The van der Waals surface area contributed by atoms with E-state index in [0.29, 0.717) is 0 Å². The molecule has 0 atom stereocenters. The van der Waals surface area contributed by atoms with Crippen molar-refractivity contribution in [2.45, 2.75) is 56.8 Å². The summed E-state index contributed by atoms with van der Waals surface area (Å²) >= 11 is 0. The molecule has 10 aromatic rings. The van der Waals surface area contributed by atoms with Gasteiger partial charge in [-0.15, -0.1) is 0 Å². The van der Waals surface area contributed by atoms with E-state index in [9.17, 15) is 0 Å². The second kappa shape index (κ2) is 24.6. The zero-order valence-corrected chi connectivity index (χ0v) is 50.1. The highest BCUT2D eigenvalue weighted by Gasteiger charge is 2.46. The summed E-state index contributed by atoms with van der Waals surface area (Å²) in [5.74, 6) is 0. The first-order chi connectivity index (χ1) is 44.2. The van der Waals surface area contributed by atoms with Crippen molar-refractivity contribution in [2.24, 2.45) is 0 Å². The Labute approximate surface area is 525 Å². The molecule has 5 aliphatic rings. The molecule has 4 heteroatoms. The van der Waals surface area contributed by atoms with Gasteiger partial charge in [0.15, 0.2) is 0 Å². The van der Waals surface area contributed by atoms with Gasteiger partial charge in [-0.1, -0.05) is 206 Å². The van der Waals surface area contributed by atoms with Gasteiger partial charge in [0.1, 0.15) is 0 Å². The van der Waals surface area contributed by atoms with E-state index < -0.39 is 5.41 Å². The summed E-state index contributed by atoms with van der Waals surface area (Å²) in [6.07, 6.45) is 36.2. The van der Waals surface area contributed by atoms with Crippen LogP contribution < -0.4 is 19.6 Å². The number of allylic oxidation sites excluding steroid dienone is 12. The number of para-hydroxylation sites is 2. The Kier molecular flexibility index (Phi) is 15.2. The molecule has 0 heterocycles. The van der Waals surface area contributed by atoms with Gasteiger partial charge >= 0.3 is 0 Å². The zero-order valence-electron chi connectivity index (χ0n) is 50.1. The molecule has 0 radical (unpaired) electrons. The average molecular weight is 1150 g/mol. The lowest BCUT2D eigenvalue weighted by molar-refractivity contribution is 0.768. The Morgan fingerprint density at radius 3 is 0.899 bits per heavy atom. The fourth-order valence-corrected chi connectivity index (χ4v) is 14.0. The van der Waals surface area contributed by atoms with Crippen LogP contribution in [0.5, 0.6) is 0 Å². The van der Waals surface area contributed by atoms with Gasteiger partial charge in [-0.05, 0) is 228 Å². The highest BCUT2D eigenvalue weighted by atomic mass is 15.2. The Morgan fingerprint density at radius 2 is 0.517 bits per heavy atom. The fraction of sp³-hybridized carbons (Fsp3) is 0.106. The van der Waals surface area contributed by atoms with Crippen molar-refractivity contribution in [3.8, 4) is 33.4 Å². The predicted octanol–water partition coefficient (Wildman–Crippen LogP) is 22.9. The maximum atomic E-state index is 2.46. The van der Waals surface area contributed by atoms with Gasteiger partial charge in [0, 0.05) is 68.3 Å². The van der Waals surface area contributed by atoms with Crippen LogP contribution in [0.2, 0.25) is 0 Å². The minimum atomic E-state index is -0.667. The average Bonchev–Trinajstić information content (AvgIpc) is 1.61. The molecule has 10 aromatic carbocycles. The number of benzene rings is 10. The molecular weight excluding hydrogens is 1080 g/mol. The van der Waals surface area contributed by atoms with Gasteiger partial charge in [-0.25, -0.2) is 0 Å². The third-order valence-corrected chi connectivity index (χ3v) is 18.2. The van der Waals surface area contributed by atoms with Crippen LogP contribution >= 0.6 is 0 Å². The molecule has 0 saturated heterocycles. The molecule has 0 amide bonds. The molecule has 0 aliphatic heterocycles. The van der Waals surface area contributed by atoms with E-state index in [1.807, 2.05) is 0 Å². The third kappa shape index (κ3) is 10.6. The summed E-state index contributed by atoms with van der Waals surface area (Å²) in [6.45, 7) is 0. The zero-order chi connectivity index (χ0) is 59.4. The topological polar surface area (TPSA) is 13.0 Å². The van der Waals surface area contributed by atoms with Gasteiger partial charge in [0.2, 0.25) is 0 Å². The first-order valence-electron chi connectivity index (χ1n) is 31.7. The third-order valence-electron chi connectivity index (χ3n) is 18.2. The van der Waals surface area contributed by atoms with E-state index in [2.05, 4.69) is 347 Å². The number of hydrogen-bond donors (Lipinski definition) is 0. The molecule has 0 bridgehead atoms. The van der Waals surface area contributed by atoms with Crippen molar-refractivity contribution >= 4 is 45.5 Å². The molecule has 430 valence electrons. The highest BCUT2D eigenvalue weighted by Crippen LogP contribution is 2.57. The number of rotatable bonds is 16. The molecule has 0 unspecified atom stereocenters. The largest absolute Gasteiger partial charge is 0.311 e. The van der Waals surface area contributed by atoms with E-state index in [1.54, 1.807) is 0 Å². The molecule has 0 N–H and O–H groups in total. The molecule has 5 aliphatic carbocycles. The molecule has 15 rings (SSSR count). The van der Waals surface area contributed by atoms with Crippen LogP contribution in [0.25, 0.3) is 33.4 Å². The molecule has 0 aromatic heterocycles. The van der Waals surface area contributed by atoms with Gasteiger partial charge < -0.3 is 19.6 Å². The standard InChI is InChI=1S/C85H70N4/c1-7-27-69(28-8-1)86(70-29-9-2-10-30-70)75-53-45-63(46-54-75)65-49-57-77(58-50-65)88(73-35-15-5-16-36-73)79-39-23-25-67(61-79)85(83-43-21-19-41-81(83)82-42-20-22-44-84(82)85)68-26-24-40-80(62-68)89(74-37-17-6-18-38-74)78-59-51-66(52-60-78)64-47-55-76(56-48-64)87(71-31-11-3-12-32-71)72-33-13-4-14-34-72/h1,6-9,11,13,15,17-62H,2-5,10,12,14,16H2. The second-order valence-corrected chi connectivity index (χ2v) is 23.6. The summed E-state index contributed by atoms with van der Waals surface area (Å²) in [5.41, 5.74) is 25.3. The van der Waals surface area contributed by atoms with Crippen molar-refractivity contribution in [3.63, 3.8) is 0 Å². The quantitative estimate of drug-likeness (QED) is 0.0956. The molecular formula is C85H70N4. The summed E-state index contributed by atoms with van der Waals surface area (Å²) < 4.78 is 0. The van der Waals surface area contributed by atoms with Crippen molar-refractivity contribution in [1.82, 2.24) is 0 Å². The SMILES string of the molecule is C1=CC(N(C2=CCCC=C2)c2ccc(-c3ccc(N(c4ccccc4)c4cccc(C5(c6cccc(N(C7=CCCC=C7)c7ccc(-c8ccc(N(C9=CCCC=C9)c9ccccc9)cc8)cc7)c6)c6ccccc6-c6ccccc65)c4)cc3)cc2)=CCC1. The number of fused-ring (bicyclic) bond motifs is 3. The minimum absolute atomic E-state index is 0.667. The van der Waals surface area contributed by atoms with Crippen molar-refractivity contribution in [1.29, 1.82) is 0 Å². The Hall–Kier alpha value is -10.7. The van der Waals surface area contributed by atoms with Crippen LogP contribution in [0.4, 0.5) is 45.5 Å². The minimum Gasteiger partial charge on any atom is -0.311 e. The number of anilines is 8. The Bertz CT molecular complexity index is 4380. The molecule has 89 heavy (non-hydrogen) atoms. The van der Waals surface area contributed by atoms with Gasteiger partial charge in [0.25, 0.3) is 0 Å². The van der Waals surface area contributed by atoms with E-state index in [1.165, 1.54) is 84.1 Å². The molecule has 0 spiro atoms. The maximum absolute atomic E-state index is 2.46. The lowest BCUT2D eigenvalue weighted by Crippen LogP contribution is -2.29. The summed E-state index contributed by atoms with van der Waals surface area (Å²) in [5, 5.41) is 0. The van der Waals surface area contributed by atoms with E-state index in [-0.39, 0.29) is 0 Å². The maximum Gasteiger partial charge on any atom is 0.0715 e.